The van der Waals surface area contributed by atoms with Crippen molar-refractivity contribution in [1.82, 2.24) is 9.21 Å². The van der Waals surface area contributed by atoms with Gasteiger partial charge in [-0.15, -0.1) is 0 Å². The summed E-state index contributed by atoms with van der Waals surface area (Å²) >= 11 is 3.26. The molecule has 106 valence electrons. The van der Waals surface area contributed by atoms with E-state index in [0.717, 1.165) is 4.47 Å². The minimum atomic E-state index is -3.63. The van der Waals surface area contributed by atoms with E-state index in [1.54, 1.807) is 33.2 Å². The molecule has 0 bridgehead atoms. The summed E-state index contributed by atoms with van der Waals surface area (Å²) in [5.41, 5.74) is 0. The highest BCUT2D eigenvalue weighted by Crippen LogP contribution is 2.18. The molecule has 1 amide bonds. The van der Waals surface area contributed by atoms with Crippen molar-refractivity contribution in [2.45, 2.75) is 11.8 Å². The molecule has 0 saturated heterocycles. The second kappa shape index (κ2) is 6.49. The molecule has 0 saturated carbocycles. The SMILES string of the molecule is CCN(CC(=O)N(C)C)S(=O)(=O)c1ccc(Br)cc1. The Hall–Kier alpha value is -0.920. The Morgan fingerprint density at radius 3 is 2.16 bits per heavy atom. The molecule has 0 atom stereocenters. The van der Waals surface area contributed by atoms with E-state index in [1.165, 1.54) is 21.3 Å². The zero-order chi connectivity index (χ0) is 14.6. The molecule has 0 aliphatic rings. The first-order valence-electron chi connectivity index (χ1n) is 5.75. The summed E-state index contributed by atoms with van der Waals surface area (Å²) in [4.78, 5) is 13.2. The maximum absolute atomic E-state index is 12.4. The van der Waals surface area contributed by atoms with Crippen LogP contribution in [0.25, 0.3) is 0 Å². The van der Waals surface area contributed by atoms with Gasteiger partial charge in [-0.1, -0.05) is 22.9 Å². The fourth-order valence-electron chi connectivity index (χ4n) is 1.41. The molecule has 0 fully saturated rings. The number of amides is 1. The first kappa shape index (κ1) is 16.1. The number of sulfonamides is 1. The van der Waals surface area contributed by atoms with E-state index < -0.39 is 10.0 Å². The fraction of sp³-hybridized carbons (Fsp3) is 0.417. The van der Waals surface area contributed by atoms with E-state index in [1.807, 2.05) is 0 Å². The van der Waals surface area contributed by atoms with Gasteiger partial charge in [0.1, 0.15) is 0 Å². The first-order chi connectivity index (χ1) is 8.78. The number of likely N-dealkylation sites (N-methyl/N-ethyl adjacent to an activating group) is 2. The molecule has 0 N–H and O–H groups in total. The average molecular weight is 349 g/mol. The van der Waals surface area contributed by atoms with Gasteiger partial charge in [0.25, 0.3) is 0 Å². The van der Waals surface area contributed by atoms with Gasteiger partial charge >= 0.3 is 0 Å². The second-order valence-corrected chi connectivity index (χ2v) is 7.03. The summed E-state index contributed by atoms with van der Waals surface area (Å²) in [5.74, 6) is -0.248. The molecule has 1 rings (SSSR count). The zero-order valence-corrected chi connectivity index (χ0v) is 13.5. The Morgan fingerprint density at radius 2 is 1.74 bits per heavy atom. The van der Waals surface area contributed by atoms with Gasteiger partial charge in [0.05, 0.1) is 11.4 Å². The smallest absolute Gasteiger partial charge is 0.243 e. The molecule has 0 radical (unpaired) electrons. The van der Waals surface area contributed by atoms with E-state index >= 15 is 0 Å². The first-order valence-corrected chi connectivity index (χ1v) is 7.98. The number of carbonyl (C=O) groups excluding carboxylic acids is 1. The van der Waals surface area contributed by atoms with Gasteiger partial charge in [-0.2, -0.15) is 4.31 Å². The molecule has 0 heterocycles. The molecule has 0 unspecified atom stereocenters. The summed E-state index contributed by atoms with van der Waals surface area (Å²) in [6, 6.07) is 6.35. The van der Waals surface area contributed by atoms with Crippen molar-refractivity contribution in [2.24, 2.45) is 0 Å². The Bertz CT molecular complexity index is 541. The zero-order valence-electron chi connectivity index (χ0n) is 11.1. The Labute approximate surface area is 122 Å². The minimum absolute atomic E-state index is 0.151. The number of hydrogen-bond donors (Lipinski definition) is 0. The van der Waals surface area contributed by atoms with Crippen LogP contribution < -0.4 is 0 Å². The summed E-state index contributed by atoms with van der Waals surface area (Å²) in [5, 5.41) is 0. The average Bonchev–Trinajstić information content (AvgIpc) is 2.35. The van der Waals surface area contributed by atoms with Crippen LogP contribution in [0.3, 0.4) is 0 Å². The Balaban J connectivity index is 3.02. The van der Waals surface area contributed by atoms with Gasteiger partial charge < -0.3 is 4.90 Å². The lowest BCUT2D eigenvalue weighted by atomic mass is 10.4. The van der Waals surface area contributed by atoms with Gasteiger partial charge in [0.15, 0.2) is 0 Å². The van der Waals surface area contributed by atoms with Gasteiger partial charge in [-0.05, 0) is 24.3 Å². The standard InChI is InChI=1S/C12H17BrN2O3S/c1-4-15(9-12(16)14(2)3)19(17,18)11-7-5-10(13)6-8-11/h5-8H,4,9H2,1-3H3. The minimum Gasteiger partial charge on any atom is -0.348 e. The van der Waals surface area contributed by atoms with Crippen molar-refractivity contribution in [2.75, 3.05) is 27.2 Å². The molecule has 0 aliphatic heterocycles. The third-order valence-corrected chi connectivity index (χ3v) is 5.08. The lowest BCUT2D eigenvalue weighted by molar-refractivity contribution is -0.128. The molecule has 7 heteroatoms. The predicted octanol–water partition coefficient (Wildman–Crippen LogP) is 1.55. The van der Waals surface area contributed by atoms with Crippen LogP contribution in [0.1, 0.15) is 6.92 Å². The number of benzene rings is 1. The molecule has 0 aromatic heterocycles. The van der Waals surface area contributed by atoms with Gasteiger partial charge in [0, 0.05) is 25.1 Å². The van der Waals surface area contributed by atoms with Gasteiger partial charge in [0.2, 0.25) is 15.9 Å². The number of rotatable bonds is 5. The molecular weight excluding hydrogens is 332 g/mol. The van der Waals surface area contributed by atoms with Crippen LogP contribution in [0.2, 0.25) is 0 Å². The highest BCUT2D eigenvalue weighted by molar-refractivity contribution is 9.10. The number of hydrogen-bond acceptors (Lipinski definition) is 3. The molecule has 1 aromatic carbocycles. The van der Waals surface area contributed by atoms with Crippen molar-refractivity contribution in [3.63, 3.8) is 0 Å². The number of halogens is 1. The largest absolute Gasteiger partial charge is 0.348 e. The molecule has 5 nitrogen and oxygen atoms in total. The van der Waals surface area contributed by atoms with E-state index in [0.29, 0.717) is 0 Å². The molecule has 0 spiro atoms. The maximum atomic E-state index is 12.4. The van der Waals surface area contributed by atoms with Gasteiger partial charge in [-0.25, -0.2) is 8.42 Å². The van der Waals surface area contributed by atoms with Crippen molar-refractivity contribution in [3.8, 4) is 0 Å². The summed E-state index contributed by atoms with van der Waals surface area (Å²) in [6.07, 6.45) is 0. The summed E-state index contributed by atoms with van der Waals surface area (Å²) in [7, 11) is -0.432. The predicted molar refractivity (Wildman–Crippen MR) is 77.3 cm³/mol. The number of carbonyl (C=O) groups is 1. The third kappa shape index (κ3) is 4.02. The molecule has 19 heavy (non-hydrogen) atoms. The van der Waals surface area contributed by atoms with Gasteiger partial charge in [-0.3, -0.25) is 4.79 Å². The Kier molecular flexibility index (Phi) is 5.51. The third-order valence-electron chi connectivity index (χ3n) is 2.61. The molecule has 0 aliphatic carbocycles. The van der Waals surface area contributed by atoms with Crippen molar-refractivity contribution in [1.29, 1.82) is 0 Å². The van der Waals surface area contributed by atoms with E-state index in [2.05, 4.69) is 15.9 Å². The van der Waals surface area contributed by atoms with Crippen LogP contribution in [-0.2, 0) is 14.8 Å². The quantitative estimate of drug-likeness (QED) is 0.811. The molecule has 1 aromatic rings. The fourth-order valence-corrected chi connectivity index (χ4v) is 3.08. The highest BCUT2D eigenvalue weighted by Gasteiger charge is 2.25. The summed E-state index contributed by atoms with van der Waals surface area (Å²) in [6.45, 7) is 1.80. The van der Waals surface area contributed by atoms with Crippen molar-refractivity contribution in [3.05, 3.63) is 28.7 Å². The lowest BCUT2D eigenvalue weighted by Gasteiger charge is -2.21. The van der Waals surface area contributed by atoms with Crippen LogP contribution in [-0.4, -0.2) is 50.7 Å². The second-order valence-electron chi connectivity index (χ2n) is 4.17. The van der Waals surface area contributed by atoms with Crippen molar-refractivity contribution < 1.29 is 13.2 Å². The monoisotopic (exact) mass is 348 g/mol. The van der Waals surface area contributed by atoms with Crippen LogP contribution >= 0.6 is 15.9 Å². The van der Waals surface area contributed by atoms with Crippen molar-refractivity contribution >= 4 is 31.9 Å². The van der Waals surface area contributed by atoms with Crippen LogP contribution in [0.4, 0.5) is 0 Å². The summed E-state index contributed by atoms with van der Waals surface area (Å²) < 4.78 is 26.7. The topological polar surface area (TPSA) is 57.7 Å². The number of nitrogens with zero attached hydrogens (tertiary/aromatic N) is 2. The lowest BCUT2D eigenvalue weighted by Crippen LogP contribution is -2.40. The van der Waals surface area contributed by atoms with E-state index in [9.17, 15) is 13.2 Å². The van der Waals surface area contributed by atoms with E-state index in [4.69, 9.17) is 0 Å². The normalized spacial score (nSPS) is 11.6. The Morgan fingerprint density at radius 1 is 1.21 bits per heavy atom. The maximum Gasteiger partial charge on any atom is 0.243 e. The van der Waals surface area contributed by atoms with Crippen LogP contribution in [0.15, 0.2) is 33.6 Å². The molecular formula is C12H17BrN2O3S. The highest BCUT2D eigenvalue weighted by atomic mass is 79.9. The van der Waals surface area contributed by atoms with E-state index in [-0.39, 0.29) is 23.9 Å². The van der Waals surface area contributed by atoms with Crippen LogP contribution in [0.5, 0.6) is 0 Å². The van der Waals surface area contributed by atoms with Crippen LogP contribution in [0, 0.1) is 0 Å².